The quantitative estimate of drug-likeness (QED) is 0.770. The van der Waals surface area contributed by atoms with Crippen molar-refractivity contribution in [2.45, 2.75) is 46.3 Å². The summed E-state index contributed by atoms with van der Waals surface area (Å²) in [6, 6.07) is 2.57. The maximum Gasteiger partial charge on any atom is 0.151 e. The zero-order valence-electron chi connectivity index (χ0n) is 10.8. The van der Waals surface area contributed by atoms with E-state index in [1.54, 1.807) is 0 Å². The van der Waals surface area contributed by atoms with E-state index in [2.05, 4.69) is 36.1 Å². The Hall–Kier alpha value is -0.870. The van der Waals surface area contributed by atoms with Crippen LogP contribution in [0.1, 0.15) is 38.6 Å². The fraction of sp³-hybridized carbons (Fsp3) is 0.750. The number of nitrogens with one attached hydrogen (secondary N) is 1. The van der Waals surface area contributed by atoms with Gasteiger partial charge in [0.05, 0.1) is 12.2 Å². The van der Waals surface area contributed by atoms with Gasteiger partial charge in [0.1, 0.15) is 0 Å². The van der Waals surface area contributed by atoms with Crippen molar-refractivity contribution in [2.75, 3.05) is 13.6 Å². The van der Waals surface area contributed by atoms with Crippen molar-refractivity contribution < 1.29 is 4.52 Å². The van der Waals surface area contributed by atoms with E-state index in [1.807, 2.05) is 13.1 Å². The first-order valence-electron chi connectivity index (χ1n) is 6.00. The third-order valence-corrected chi connectivity index (χ3v) is 2.57. The second-order valence-corrected chi connectivity index (χ2v) is 4.38. The van der Waals surface area contributed by atoms with Crippen LogP contribution in [-0.4, -0.2) is 29.7 Å². The summed E-state index contributed by atoms with van der Waals surface area (Å²) in [6.45, 7) is 9.32. The fourth-order valence-electron chi connectivity index (χ4n) is 1.70. The zero-order chi connectivity index (χ0) is 12.0. The lowest BCUT2D eigenvalue weighted by Gasteiger charge is -2.24. The molecule has 1 heterocycles. The van der Waals surface area contributed by atoms with Crippen LogP contribution < -0.4 is 5.32 Å². The molecule has 0 aliphatic heterocycles. The van der Waals surface area contributed by atoms with E-state index in [4.69, 9.17) is 4.52 Å². The number of rotatable bonds is 7. The predicted molar refractivity (Wildman–Crippen MR) is 65.1 cm³/mol. The molecule has 0 radical (unpaired) electrons. The molecule has 0 atom stereocenters. The first-order chi connectivity index (χ1) is 7.67. The molecule has 0 aliphatic carbocycles. The van der Waals surface area contributed by atoms with Gasteiger partial charge in [0, 0.05) is 18.7 Å². The van der Waals surface area contributed by atoms with Gasteiger partial charge < -0.3 is 9.84 Å². The van der Waals surface area contributed by atoms with E-state index in [1.165, 1.54) is 0 Å². The average Bonchev–Trinajstić information content (AvgIpc) is 2.65. The third-order valence-electron chi connectivity index (χ3n) is 2.57. The van der Waals surface area contributed by atoms with Crippen LogP contribution in [0, 0.1) is 0 Å². The molecule has 0 spiro atoms. The van der Waals surface area contributed by atoms with Crippen molar-refractivity contribution >= 4 is 0 Å². The molecule has 1 aromatic rings. The first kappa shape index (κ1) is 13.2. The Bertz CT molecular complexity index is 296. The monoisotopic (exact) mass is 225 g/mol. The van der Waals surface area contributed by atoms with Crippen molar-refractivity contribution in [1.82, 2.24) is 15.4 Å². The summed E-state index contributed by atoms with van der Waals surface area (Å²) in [5.74, 6) is 0.951. The molecule has 4 nitrogen and oxygen atoms in total. The summed E-state index contributed by atoms with van der Waals surface area (Å²) in [4.78, 5) is 2.39. The second kappa shape index (κ2) is 6.66. The molecule has 1 N–H and O–H groups in total. The van der Waals surface area contributed by atoms with E-state index in [9.17, 15) is 0 Å². The highest BCUT2D eigenvalue weighted by atomic mass is 16.5. The fourth-order valence-corrected chi connectivity index (χ4v) is 1.70. The number of nitrogens with zero attached hydrogens (tertiary/aromatic N) is 2. The Kier molecular flexibility index (Phi) is 5.49. The molecule has 0 amide bonds. The van der Waals surface area contributed by atoms with Gasteiger partial charge in [-0.05, 0) is 33.9 Å². The molecule has 0 saturated carbocycles. The number of hydrogen-bond donors (Lipinski definition) is 1. The van der Waals surface area contributed by atoms with Gasteiger partial charge in [0.2, 0.25) is 0 Å². The SMILES string of the molecule is CCCN(Cc1cc(CNC)no1)C(C)C. The minimum atomic E-state index is 0.540. The van der Waals surface area contributed by atoms with Crippen LogP contribution in [0.15, 0.2) is 10.6 Å². The highest BCUT2D eigenvalue weighted by molar-refractivity contribution is 5.05. The van der Waals surface area contributed by atoms with Crippen molar-refractivity contribution in [3.8, 4) is 0 Å². The molecular formula is C12H23N3O. The van der Waals surface area contributed by atoms with Crippen LogP contribution in [0.4, 0.5) is 0 Å². The normalized spacial score (nSPS) is 11.6. The average molecular weight is 225 g/mol. The van der Waals surface area contributed by atoms with Gasteiger partial charge >= 0.3 is 0 Å². The van der Waals surface area contributed by atoms with Crippen LogP contribution in [0.5, 0.6) is 0 Å². The highest BCUT2D eigenvalue weighted by Gasteiger charge is 2.12. The molecule has 92 valence electrons. The molecule has 0 unspecified atom stereocenters. The molecular weight excluding hydrogens is 202 g/mol. The highest BCUT2D eigenvalue weighted by Crippen LogP contribution is 2.10. The lowest BCUT2D eigenvalue weighted by molar-refractivity contribution is 0.188. The van der Waals surface area contributed by atoms with Crippen LogP contribution in [0.25, 0.3) is 0 Å². The van der Waals surface area contributed by atoms with Crippen LogP contribution in [-0.2, 0) is 13.1 Å². The van der Waals surface area contributed by atoms with Gasteiger partial charge in [-0.3, -0.25) is 4.90 Å². The minimum absolute atomic E-state index is 0.540. The van der Waals surface area contributed by atoms with E-state index in [0.29, 0.717) is 6.04 Å². The summed E-state index contributed by atoms with van der Waals surface area (Å²) in [5, 5.41) is 7.08. The van der Waals surface area contributed by atoms with Gasteiger partial charge in [-0.15, -0.1) is 0 Å². The molecule has 16 heavy (non-hydrogen) atoms. The lowest BCUT2D eigenvalue weighted by Crippen LogP contribution is -2.30. The van der Waals surface area contributed by atoms with Gasteiger partial charge in [-0.25, -0.2) is 0 Å². The van der Waals surface area contributed by atoms with E-state index >= 15 is 0 Å². The molecule has 0 saturated heterocycles. The minimum Gasteiger partial charge on any atom is -0.360 e. The van der Waals surface area contributed by atoms with Crippen LogP contribution >= 0.6 is 0 Å². The van der Waals surface area contributed by atoms with Gasteiger partial charge in [-0.2, -0.15) is 0 Å². The van der Waals surface area contributed by atoms with Gasteiger partial charge in [-0.1, -0.05) is 12.1 Å². The topological polar surface area (TPSA) is 41.3 Å². The Morgan fingerprint density at radius 1 is 1.50 bits per heavy atom. The summed E-state index contributed by atoms with van der Waals surface area (Å²) in [6.07, 6.45) is 1.16. The summed E-state index contributed by atoms with van der Waals surface area (Å²) < 4.78 is 5.31. The van der Waals surface area contributed by atoms with Crippen molar-refractivity contribution in [3.63, 3.8) is 0 Å². The summed E-state index contributed by atoms with van der Waals surface area (Å²) in [7, 11) is 1.91. The Morgan fingerprint density at radius 3 is 2.81 bits per heavy atom. The predicted octanol–water partition coefficient (Wildman–Crippen LogP) is 2.01. The number of hydrogen-bond acceptors (Lipinski definition) is 4. The molecule has 0 aliphatic rings. The smallest absolute Gasteiger partial charge is 0.151 e. The van der Waals surface area contributed by atoms with E-state index in [0.717, 1.165) is 37.5 Å². The molecule has 0 aromatic carbocycles. The summed E-state index contributed by atoms with van der Waals surface area (Å²) in [5.41, 5.74) is 0.970. The second-order valence-electron chi connectivity index (χ2n) is 4.38. The van der Waals surface area contributed by atoms with Crippen molar-refractivity contribution in [1.29, 1.82) is 0 Å². The van der Waals surface area contributed by atoms with Crippen LogP contribution in [0.3, 0.4) is 0 Å². The van der Waals surface area contributed by atoms with Crippen molar-refractivity contribution in [2.24, 2.45) is 0 Å². The van der Waals surface area contributed by atoms with Crippen molar-refractivity contribution in [3.05, 3.63) is 17.5 Å². The summed E-state index contributed by atoms with van der Waals surface area (Å²) >= 11 is 0. The zero-order valence-corrected chi connectivity index (χ0v) is 10.8. The molecule has 4 heteroatoms. The van der Waals surface area contributed by atoms with Gasteiger partial charge in [0.25, 0.3) is 0 Å². The molecule has 1 aromatic heterocycles. The van der Waals surface area contributed by atoms with Gasteiger partial charge in [0.15, 0.2) is 5.76 Å². The molecule has 0 fully saturated rings. The lowest BCUT2D eigenvalue weighted by atomic mass is 10.2. The number of aromatic nitrogens is 1. The van der Waals surface area contributed by atoms with E-state index in [-0.39, 0.29) is 0 Å². The third kappa shape index (κ3) is 3.94. The van der Waals surface area contributed by atoms with Crippen LogP contribution in [0.2, 0.25) is 0 Å². The standard InChI is InChI=1S/C12H23N3O/c1-5-6-15(10(2)3)9-12-7-11(8-13-4)14-16-12/h7,10,13H,5-6,8-9H2,1-4H3. The molecule has 1 rings (SSSR count). The Balaban J connectivity index is 2.55. The Labute approximate surface area is 98.0 Å². The molecule has 0 bridgehead atoms. The Morgan fingerprint density at radius 2 is 2.25 bits per heavy atom. The maximum absolute atomic E-state index is 5.31. The van der Waals surface area contributed by atoms with E-state index < -0.39 is 0 Å². The largest absolute Gasteiger partial charge is 0.360 e. The first-order valence-corrected chi connectivity index (χ1v) is 6.00. The maximum atomic E-state index is 5.31.